The van der Waals surface area contributed by atoms with E-state index in [9.17, 15) is 0 Å². The molecule has 0 aromatic carbocycles. The van der Waals surface area contributed by atoms with Gasteiger partial charge in [0.25, 0.3) is 0 Å². The molecule has 1 N–H and O–H groups in total. The summed E-state index contributed by atoms with van der Waals surface area (Å²) < 4.78 is 0. The Labute approximate surface area is 120 Å². The van der Waals surface area contributed by atoms with Crippen LogP contribution in [-0.2, 0) is 0 Å². The molecule has 0 radical (unpaired) electrons. The third-order valence-electron chi connectivity index (χ3n) is 6.00. The minimum absolute atomic E-state index is 0.358. The number of rotatable bonds is 6. The first-order chi connectivity index (χ1) is 9.01. The maximum absolute atomic E-state index is 3.93. The van der Waals surface area contributed by atoms with Crippen LogP contribution in [0.2, 0.25) is 0 Å². The molecular weight excluding hydrogens is 232 g/mol. The van der Waals surface area contributed by atoms with Crippen molar-refractivity contribution in [2.24, 2.45) is 5.92 Å². The Balaban J connectivity index is 2.18. The summed E-state index contributed by atoms with van der Waals surface area (Å²) in [5.41, 5.74) is 0.763. The lowest BCUT2D eigenvalue weighted by atomic mass is 9.80. The van der Waals surface area contributed by atoms with E-state index in [4.69, 9.17) is 0 Å². The van der Waals surface area contributed by atoms with E-state index < -0.39 is 0 Å². The van der Waals surface area contributed by atoms with Crippen molar-refractivity contribution in [3.05, 3.63) is 0 Å². The van der Waals surface area contributed by atoms with E-state index in [1.807, 2.05) is 0 Å². The first-order valence-corrected chi connectivity index (χ1v) is 8.53. The van der Waals surface area contributed by atoms with E-state index in [1.165, 1.54) is 51.6 Å². The maximum Gasteiger partial charge on any atom is 0.0337 e. The molecule has 2 aliphatic rings. The molecule has 2 nitrogen and oxygen atoms in total. The summed E-state index contributed by atoms with van der Waals surface area (Å²) in [5.74, 6) is 0.936. The summed E-state index contributed by atoms with van der Waals surface area (Å²) in [6, 6.07) is 0.732. The van der Waals surface area contributed by atoms with Gasteiger partial charge in [-0.2, -0.15) is 0 Å². The van der Waals surface area contributed by atoms with Gasteiger partial charge in [0.05, 0.1) is 0 Å². The number of nitrogens with zero attached hydrogens (tertiary/aromatic N) is 1. The van der Waals surface area contributed by atoms with Crippen LogP contribution in [0.3, 0.4) is 0 Å². The van der Waals surface area contributed by atoms with Crippen molar-refractivity contribution in [2.45, 2.75) is 90.3 Å². The van der Waals surface area contributed by atoms with Crippen LogP contribution in [0, 0.1) is 5.92 Å². The van der Waals surface area contributed by atoms with Gasteiger partial charge in [-0.1, -0.05) is 27.2 Å². The van der Waals surface area contributed by atoms with Gasteiger partial charge in [-0.05, 0) is 51.9 Å². The molecule has 2 fully saturated rings. The molecule has 2 rings (SSSR count). The largest absolute Gasteiger partial charge is 0.308 e. The van der Waals surface area contributed by atoms with Crippen LogP contribution >= 0.6 is 0 Å². The van der Waals surface area contributed by atoms with Crippen molar-refractivity contribution >= 4 is 0 Å². The van der Waals surface area contributed by atoms with E-state index in [0.29, 0.717) is 11.1 Å². The lowest BCUT2D eigenvalue weighted by Gasteiger charge is -2.56. The highest BCUT2D eigenvalue weighted by atomic mass is 15.3. The van der Waals surface area contributed by atoms with Crippen molar-refractivity contribution < 1.29 is 0 Å². The monoisotopic (exact) mass is 266 g/mol. The molecule has 0 aromatic heterocycles. The summed E-state index contributed by atoms with van der Waals surface area (Å²) >= 11 is 0. The number of hydrogen-bond acceptors (Lipinski definition) is 2. The molecule has 2 unspecified atom stereocenters. The van der Waals surface area contributed by atoms with Crippen LogP contribution in [0.5, 0.6) is 0 Å². The van der Waals surface area contributed by atoms with E-state index in [2.05, 4.69) is 44.8 Å². The van der Waals surface area contributed by atoms with Gasteiger partial charge in [-0.15, -0.1) is 0 Å². The molecule has 1 saturated heterocycles. The molecule has 0 spiro atoms. The second-order valence-electron chi connectivity index (χ2n) is 7.24. The molecule has 2 heteroatoms. The highest BCUT2D eigenvalue weighted by Crippen LogP contribution is 2.46. The number of piperazine rings is 1. The Kier molecular flexibility index (Phi) is 4.62. The highest BCUT2D eigenvalue weighted by Gasteiger charge is 2.52. The van der Waals surface area contributed by atoms with Crippen LogP contribution in [-0.4, -0.2) is 35.1 Å². The number of hydrogen-bond donors (Lipinski definition) is 1. The molecule has 0 amide bonds. The van der Waals surface area contributed by atoms with Gasteiger partial charge in [0, 0.05) is 30.2 Å². The second kappa shape index (κ2) is 5.73. The Morgan fingerprint density at radius 1 is 1.21 bits per heavy atom. The highest BCUT2D eigenvalue weighted by molar-refractivity contribution is 5.09. The summed E-state index contributed by atoms with van der Waals surface area (Å²) in [6.45, 7) is 14.4. The van der Waals surface area contributed by atoms with Crippen LogP contribution in [0.4, 0.5) is 0 Å². The summed E-state index contributed by atoms with van der Waals surface area (Å²) in [6.07, 6.45) is 8.03. The summed E-state index contributed by atoms with van der Waals surface area (Å²) in [4.78, 5) is 2.87. The number of nitrogens with one attached hydrogen (secondary N) is 1. The van der Waals surface area contributed by atoms with Gasteiger partial charge in [-0.25, -0.2) is 0 Å². The Hall–Kier alpha value is -0.0800. The third-order valence-corrected chi connectivity index (χ3v) is 6.00. The smallest absolute Gasteiger partial charge is 0.0337 e. The molecule has 0 bridgehead atoms. The van der Waals surface area contributed by atoms with E-state index in [-0.39, 0.29) is 0 Å². The maximum atomic E-state index is 3.93. The van der Waals surface area contributed by atoms with Crippen LogP contribution in [0.15, 0.2) is 0 Å². The fourth-order valence-corrected chi connectivity index (χ4v) is 4.07. The topological polar surface area (TPSA) is 15.3 Å². The van der Waals surface area contributed by atoms with Crippen molar-refractivity contribution in [3.63, 3.8) is 0 Å². The van der Waals surface area contributed by atoms with Gasteiger partial charge < -0.3 is 5.32 Å². The normalized spacial score (nSPS) is 33.3. The predicted octanol–water partition coefficient (Wildman–Crippen LogP) is 3.81. The van der Waals surface area contributed by atoms with Crippen LogP contribution in [0.25, 0.3) is 0 Å². The first kappa shape index (κ1) is 15.3. The lowest BCUT2D eigenvalue weighted by molar-refractivity contribution is -0.0306. The minimum Gasteiger partial charge on any atom is -0.308 e. The minimum atomic E-state index is 0.358. The van der Waals surface area contributed by atoms with E-state index >= 15 is 0 Å². The molecule has 1 saturated carbocycles. The van der Waals surface area contributed by atoms with Crippen LogP contribution in [0.1, 0.15) is 73.1 Å². The second-order valence-corrected chi connectivity index (χ2v) is 7.24. The molecule has 2 atom stereocenters. The molecule has 1 aliphatic carbocycles. The average molecular weight is 266 g/mol. The van der Waals surface area contributed by atoms with Crippen LogP contribution < -0.4 is 5.32 Å². The SMILES string of the molecule is CCCC(C)N1CC(CC)(CC)NCC1(C)C1CC1. The Morgan fingerprint density at radius 3 is 2.32 bits per heavy atom. The van der Waals surface area contributed by atoms with Crippen molar-refractivity contribution in [1.82, 2.24) is 10.2 Å². The molecule has 0 aromatic rings. The predicted molar refractivity (Wildman–Crippen MR) is 83.5 cm³/mol. The summed E-state index contributed by atoms with van der Waals surface area (Å²) in [5, 5.41) is 3.93. The van der Waals surface area contributed by atoms with Crippen molar-refractivity contribution in [2.75, 3.05) is 13.1 Å². The van der Waals surface area contributed by atoms with Gasteiger partial charge >= 0.3 is 0 Å². The molecule has 1 aliphatic heterocycles. The third kappa shape index (κ3) is 2.85. The Bertz CT molecular complexity index is 294. The van der Waals surface area contributed by atoms with E-state index in [1.54, 1.807) is 0 Å². The zero-order valence-corrected chi connectivity index (χ0v) is 13.8. The molecule has 19 heavy (non-hydrogen) atoms. The standard InChI is InChI=1S/C17H34N2/c1-6-9-14(4)19-13-17(7-2,8-3)18-12-16(19,5)15-10-11-15/h14-15,18H,6-13H2,1-5H3. The summed E-state index contributed by atoms with van der Waals surface area (Å²) in [7, 11) is 0. The first-order valence-electron chi connectivity index (χ1n) is 8.53. The Morgan fingerprint density at radius 2 is 1.84 bits per heavy atom. The molecular formula is C17H34N2. The zero-order valence-electron chi connectivity index (χ0n) is 13.8. The van der Waals surface area contributed by atoms with E-state index in [0.717, 1.165) is 12.0 Å². The van der Waals surface area contributed by atoms with Gasteiger partial charge in [0.1, 0.15) is 0 Å². The van der Waals surface area contributed by atoms with Gasteiger partial charge in [0.15, 0.2) is 0 Å². The van der Waals surface area contributed by atoms with Gasteiger partial charge in [0.2, 0.25) is 0 Å². The fraction of sp³-hybridized carbons (Fsp3) is 1.00. The lowest BCUT2D eigenvalue weighted by Crippen LogP contribution is -2.71. The fourth-order valence-electron chi connectivity index (χ4n) is 4.07. The average Bonchev–Trinajstić information content (AvgIpc) is 3.25. The quantitative estimate of drug-likeness (QED) is 0.786. The van der Waals surface area contributed by atoms with Crippen molar-refractivity contribution in [3.8, 4) is 0 Å². The molecule has 1 heterocycles. The zero-order chi connectivity index (χ0) is 14.1. The van der Waals surface area contributed by atoms with Crippen molar-refractivity contribution in [1.29, 1.82) is 0 Å². The van der Waals surface area contributed by atoms with Gasteiger partial charge in [-0.3, -0.25) is 4.90 Å². The molecule has 112 valence electrons.